The van der Waals surface area contributed by atoms with Crippen LogP contribution in [-0.4, -0.2) is 66.5 Å². The molecule has 0 aromatic rings. The van der Waals surface area contributed by atoms with Gasteiger partial charge < -0.3 is 20.3 Å². The van der Waals surface area contributed by atoms with Crippen LogP contribution in [-0.2, 0) is 14.3 Å². The van der Waals surface area contributed by atoms with Crippen LogP contribution >= 0.6 is 12.4 Å². The van der Waals surface area contributed by atoms with Crippen LogP contribution < -0.4 is 5.73 Å². The van der Waals surface area contributed by atoms with Crippen molar-refractivity contribution in [2.75, 3.05) is 39.4 Å². The van der Waals surface area contributed by atoms with Crippen molar-refractivity contribution < 1.29 is 14.3 Å². The van der Waals surface area contributed by atoms with E-state index >= 15 is 0 Å². The number of amides is 2. The molecule has 25 heavy (non-hydrogen) atoms. The molecule has 3 aliphatic rings. The van der Waals surface area contributed by atoms with E-state index in [4.69, 9.17) is 10.5 Å². The lowest BCUT2D eigenvalue weighted by molar-refractivity contribution is -0.146. The second-order valence-electron chi connectivity index (χ2n) is 7.65. The van der Waals surface area contributed by atoms with Gasteiger partial charge in [0.1, 0.15) is 0 Å². The van der Waals surface area contributed by atoms with E-state index in [1.165, 1.54) is 32.1 Å². The first kappa shape index (κ1) is 20.5. The molecular weight excluding hydrogens is 342 g/mol. The molecule has 144 valence electrons. The highest BCUT2D eigenvalue weighted by Gasteiger charge is 2.40. The number of piperazine rings is 1. The van der Waals surface area contributed by atoms with Crippen molar-refractivity contribution in [1.82, 2.24) is 9.80 Å². The zero-order valence-electron chi connectivity index (χ0n) is 15.1. The van der Waals surface area contributed by atoms with Crippen LogP contribution in [0.15, 0.2) is 0 Å². The molecule has 0 aromatic carbocycles. The molecule has 1 saturated carbocycles. The van der Waals surface area contributed by atoms with Crippen LogP contribution in [0.5, 0.6) is 0 Å². The molecule has 2 N–H and O–H groups in total. The minimum atomic E-state index is -0.771. The summed E-state index contributed by atoms with van der Waals surface area (Å²) in [5.41, 5.74) is 5.53. The van der Waals surface area contributed by atoms with Crippen molar-refractivity contribution in [2.45, 2.75) is 56.9 Å². The van der Waals surface area contributed by atoms with E-state index in [-0.39, 0.29) is 24.2 Å². The molecule has 0 aromatic heterocycles. The number of ether oxygens (including phenoxy) is 1. The van der Waals surface area contributed by atoms with Crippen molar-refractivity contribution in [3.05, 3.63) is 0 Å². The first-order valence-electron chi connectivity index (χ1n) is 9.52. The summed E-state index contributed by atoms with van der Waals surface area (Å²) >= 11 is 0. The molecule has 2 amide bonds. The average molecular weight is 374 g/mol. The van der Waals surface area contributed by atoms with Gasteiger partial charge in [-0.2, -0.15) is 0 Å². The minimum Gasteiger partial charge on any atom is -0.381 e. The minimum absolute atomic E-state index is 0. The van der Waals surface area contributed by atoms with E-state index in [1.807, 2.05) is 9.80 Å². The maximum absolute atomic E-state index is 12.7. The van der Waals surface area contributed by atoms with Crippen molar-refractivity contribution in [3.8, 4) is 0 Å². The summed E-state index contributed by atoms with van der Waals surface area (Å²) in [5.74, 6) is 0.869. The predicted octanol–water partition coefficient (Wildman–Crippen LogP) is 1.56. The Hall–Kier alpha value is -0.850. The first-order chi connectivity index (χ1) is 11.6. The van der Waals surface area contributed by atoms with Crippen LogP contribution in [0, 0.1) is 5.92 Å². The summed E-state index contributed by atoms with van der Waals surface area (Å²) in [6.07, 6.45) is 8.11. The lowest BCUT2D eigenvalue weighted by Crippen LogP contribution is -2.61. The Kier molecular flexibility index (Phi) is 7.52. The number of hydrogen-bond donors (Lipinski definition) is 1. The number of nitrogens with zero attached hydrogens (tertiary/aromatic N) is 2. The molecule has 0 unspecified atom stereocenters. The molecule has 6 nitrogen and oxygen atoms in total. The monoisotopic (exact) mass is 373 g/mol. The molecule has 7 heteroatoms. The lowest BCUT2D eigenvalue weighted by atomic mass is 9.86. The fraction of sp³-hybridized carbons (Fsp3) is 0.889. The number of carbonyl (C=O) groups excluding carboxylic acids is 2. The summed E-state index contributed by atoms with van der Waals surface area (Å²) in [5, 5.41) is 0. The first-order valence-corrected chi connectivity index (χ1v) is 9.52. The number of carbonyl (C=O) groups is 2. The SMILES string of the molecule is Cl.NC1(C(=O)N2CCN(C(=O)CC3CCCCC3)CC2)CCOCC1. The van der Waals surface area contributed by atoms with Gasteiger partial charge in [0.25, 0.3) is 0 Å². The molecule has 2 aliphatic heterocycles. The summed E-state index contributed by atoms with van der Waals surface area (Å²) in [7, 11) is 0. The van der Waals surface area contributed by atoms with Crippen LogP contribution in [0.4, 0.5) is 0 Å². The molecule has 2 heterocycles. The third kappa shape index (κ3) is 5.08. The van der Waals surface area contributed by atoms with E-state index in [0.717, 1.165) is 0 Å². The van der Waals surface area contributed by atoms with Crippen LogP contribution in [0.3, 0.4) is 0 Å². The Morgan fingerprint density at radius 3 is 2.12 bits per heavy atom. The summed E-state index contributed by atoms with van der Waals surface area (Å²) in [6.45, 7) is 3.61. The molecule has 2 saturated heterocycles. The quantitative estimate of drug-likeness (QED) is 0.814. The average Bonchev–Trinajstić information content (AvgIpc) is 2.63. The Balaban J connectivity index is 0.00000225. The van der Waals surface area contributed by atoms with Gasteiger partial charge in [-0.3, -0.25) is 9.59 Å². The van der Waals surface area contributed by atoms with Gasteiger partial charge in [-0.25, -0.2) is 0 Å². The summed E-state index contributed by atoms with van der Waals surface area (Å²) in [6, 6.07) is 0. The van der Waals surface area contributed by atoms with Crippen molar-refractivity contribution >= 4 is 24.2 Å². The Bertz CT molecular complexity index is 454. The van der Waals surface area contributed by atoms with Gasteiger partial charge in [0.2, 0.25) is 11.8 Å². The second kappa shape index (κ2) is 9.19. The highest BCUT2D eigenvalue weighted by molar-refractivity contribution is 5.86. The van der Waals surface area contributed by atoms with E-state index in [9.17, 15) is 9.59 Å². The largest absolute Gasteiger partial charge is 0.381 e. The van der Waals surface area contributed by atoms with Gasteiger partial charge in [-0.15, -0.1) is 12.4 Å². The van der Waals surface area contributed by atoms with Gasteiger partial charge >= 0.3 is 0 Å². The molecule has 0 radical (unpaired) electrons. The van der Waals surface area contributed by atoms with Gasteiger partial charge in [-0.1, -0.05) is 19.3 Å². The van der Waals surface area contributed by atoms with Crippen molar-refractivity contribution in [1.29, 1.82) is 0 Å². The molecule has 3 rings (SSSR count). The fourth-order valence-electron chi connectivity index (χ4n) is 4.19. The van der Waals surface area contributed by atoms with Crippen LogP contribution in [0.25, 0.3) is 0 Å². The predicted molar refractivity (Wildman–Crippen MR) is 98.6 cm³/mol. The Labute approximate surface area is 156 Å². The van der Waals surface area contributed by atoms with E-state index in [2.05, 4.69) is 0 Å². The Morgan fingerprint density at radius 2 is 1.52 bits per heavy atom. The Morgan fingerprint density at radius 1 is 0.960 bits per heavy atom. The van der Waals surface area contributed by atoms with E-state index in [1.54, 1.807) is 0 Å². The normalized spacial score (nSPS) is 24.5. The summed E-state index contributed by atoms with van der Waals surface area (Å²) in [4.78, 5) is 29.0. The standard InChI is InChI=1S/C18H31N3O3.ClH/c19-18(6-12-24-13-7-18)17(23)21-10-8-20(9-11-21)16(22)14-15-4-2-1-3-5-15;/h15H,1-14,19H2;1H. The van der Waals surface area contributed by atoms with Gasteiger partial charge in [0, 0.05) is 45.8 Å². The molecule has 0 spiro atoms. The smallest absolute Gasteiger partial charge is 0.242 e. The number of nitrogens with two attached hydrogens (primary N) is 1. The molecule has 1 aliphatic carbocycles. The van der Waals surface area contributed by atoms with E-state index in [0.29, 0.717) is 64.6 Å². The van der Waals surface area contributed by atoms with Crippen LogP contribution in [0.1, 0.15) is 51.4 Å². The van der Waals surface area contributed by atoms with Gasteiger partial charge in [0.15, 0.2) is 0 Å². The van der Waals surface area contributed by atoms with Gasteiger partial charge in [-0.05, 0) is 31.6 Å². The third-order valence-electron chi connectivity index (χ3n) is 5.92. The third-order valence-corrected chi connectivity index (χ3v) is 5.92. The summed E-state index contributed by atoms with van der Waals surface area (Å²) < 4.78 is 5.32. The maximum Gasteiger partial charge on any atom is 0.242 e. The molecule has 0 bridgehead atoms. The van der Waals surface area contributed by atoms with Crippen molar-refractivity contribution in [3.63, 3.8) is 0 Å². The lowest BCUT2D eigenvalue weighted by Gasteiger charge is -2.41. The van der Waals surface area contributed by atoms with Crippen LogP contribution in [0.2, 0.25) is 0 Å². The van der Waals surface area contributed by atoms with E-state index < -0.39 is 5.54 Å². The zero-order chi connectivity index (χ0) is 17.0. The topological polar surface area (TPSA) is 75.9 Å². The number of hydrogen-bond acceptors (Lipinski definition) is 4. The number of halogens is 1. The fourth-order valence-corrected chi connectivity index (χ4v) is 4.19. The number of rotatable bonds is 3. The molecular formula is C18H32ClN3O3. The molecule has 3 fully saturated rings. The highest BCUT2D eigenvalue weighted by Crippen LogP contribution is 2.27. The van der Waals surface area contributed by atoms with Crippen molar-refractivity contribution in [2.24, 2.45) is 11.7 Å². The van der Waals surface area contributed by atoms with Gasteiger partial charge in [0.05, 0.1) is 5.54 Å². The molecule has 0 atom stereocenters. The highest BCUT2D eigenvalue weighted by atomic mass is 35.5. The maximum atomic E-state index is 12.7. The zero-order valence-corrected chi connectivity index (χ0v) is 15.9. The second-order valence-corrected chi connectivity index (χ2v) is 7.65.